The number of aryl methyl sites for hydroxylation is 1. The van der Waals surface area contributed by atoms with Crippen molar-refractivity contribution in [2.24, 2.45) is 5.92 Å². The molecule has 0 fully saturated rings. The van der Waals surface area contributed by atoms with Gasteiger partial charge >= 0.3 is 0 Å². The first-order chi connectivity index (χ1) is 19.5. The first kappa shape index (κ1) is 32.0. The molecule has 0 unspecified atom stereocenters. The fraction of sp³-hybridized carbons (Fsp3) is 0.355. The average molecular weight is 600 g/mol. The van der Waals surface area contributed by atoms with E-state index in [2.05, 4.69) is 5.32 Å². The van der Waals surface area contributed by atoms with Gasteiger partial charge in [-0.15, -0.1) is 0 Å². The smallest absolute Gasteiger partial charge is 0.264 e. The van der Waals surface area contributed by atoms with Crippen LogP contribution < -0.4 is 14.4 Å². The van der Waals surface area contributed by atoms with Crippen LogP contribution >= 0.6 is 11.6 Å². The quantitative estimate of drug-likeness (QED) is 0.283. The van der Waals surface area contributed by atoms with Crippen LogP contribution in [0.1, 0.15) is 38.3 Å². The number of amides is 2. The normalized spacial score (nSPS) is 12.1. The molecule has 3 aromatic carbocycles. The van der Waals surface area contributed by atoms with Crippen molar-refractivity contribution in [2.45, 2.75) is 51.6 Å². The van der Waals surface area contributed by atoms with E-state index in [1.807, 2.05) is 27.7 Å². The number of benzene rings is 3. The van der Waals surface area contributed by atoms with E-state index in [9.17, 15) is 18.0 Å². The van der Waals surface area contributed by atoms with Gasteiger partial charge in [0, 0.05) is 18.1 Å². The SMILES string of the molecule is CC[C@@H](C(=O)NCC(C)C)N(Cc1ccc(Cl)cc1)C(=O)CN(c1cc(C)ccc1OC)S(=O)(=O)c1ccccc1. The predicted octanol–water partition coefficient (Wildman–Crippen LogP) is 5.43. The Bertz CT molecular complexity index is 1430. The Morgan fingerprint density at radius 1 is 1.00 bits per heavy atom. The summed E-state index contributed by atoms with van der Waals surface area (Å²) in [5.74, 6) is -0.310. The van der Waals surface area contributed by atoms with Crippen LogP contribution in [-0.4, -0.2) is 51.4 Å². The molecule has 3 aromatic rings. The third kappa shape index (κ3) is 8.24. The summed E-state index contributed by atoms with van der Waals surface area (Å²) in [6, 6.07) is 19.2. The van der Waals surface area contributed by atoms with Crippen molar-refractivity contribution >= 4 is 39.1 Å². The van der Waals surface area contributed by atoms with E-state index in [1.54, 1.807) is 60.7 Å². The number of nitrogens with one attached hydrogen (secondary N) is 1. The molecule has 0 bridgehead atoms. The van der Waals surface area contributed by atoms with Gasteiger partial charge in [-0.1, -0.05) is 68.8 Å². The summed E-state index contributed by atoms with van der Waals surface area (Å²) in [4.78, 5) is 29.0. The van der Waals surface area contributed by atoms with Gasteiger partial charge < -0.3 is 15.0 Å². The lowest BCUT2D eigenvalue weighted by Gasteiger charge is -2.33. The highest BCUT2D eigenvalue weighted by Gasteiger charge is 2.34. The molecule has 0 aliphatic rings. The second kappa shape index (κ2) is 14.4. The van der Waals surface area contributed by atoms with Crippen LogP contribution in [0.25, 0.3) is 0 Å². The maximum Gasteiger partial charge on any atom is 0.264 e. The number of carbonyl (C=O) groups is 2. The van der Waals surface area contributed by atoms with Gasteiger partial charge in [0.15, 0.2) is 0 Å². The number of methoxy groups -OCH3 is 1. The second-order valence-corrected chi connectivity index (χ2v) is 12.5. The van der Waals surface area contributed by atoms with E-state index in [-0.39, 0.29) is 29.0 Å². The third-order valence-electron chi connectivity index (χ3n) is 6.55. The van der Waals surface area contributed by atoms with Gasteiger partial charge in [0.2, 0.25) is 11.8 Å². The van der Waals surface area contributed by atoms with E-state index in [4.69, 9.17) is 16.3 Å². The lowest BCUT2D eigenvalue weighted by molar-refractivity contribution is -0.140. The zero-order valence-electron chi connectivity index (χ0n) is 24.1. The lowest BCUT2D eigenvalue weighted by atomic mass is 10.1. The van der Waals surface area contributed by atoms with Crippen LogP contribution in [-0.2, 0) is 26.2 Å². The van der Waals surface area contributed by atoms with Crippen LogP contribution in [0.3, 0.4) is 0 Å². The fourth-order valence-electron chi connectivity index (χ4n) is 4.36. The number of nitrogens with zero attached hydrogens (tertiary/aromatic N) is 2. The summed E-state index contributed by atoms with van der Waals surface area (Å²) in [5.41, 5.74) is 1.77. The number of carbonyl (C=O) groups excluding carboxylic acids is 2. The molecule has 220 valence electrons. The Kier molecular flexibility index (Phi) is 11.2. The summed E-state index contributed by atoms with van der Waals surface area (Å²) in [6.07, 6.45) is 0.336. The molecule has 0 saturated carbocycles. The first-order valence-electron chi connectivity index (χ1n) is 13.5. The van der Waals surface area contributed by atoms with Crippen molar-refractivity contribution in [3.05, 3.63) is 88.9 Å². The van der Waals surface area contributed by atoms with Crippen LogP contribution in [0.2, 0.25) is 5.02 Å². The highest BCUT2D eigenvalue weighted by molar-refractivity contribution is 7.92. The van der Waals surface area contributed by atoms with Gasteiger partial charge in [-0.3, -0.25) is 13.9 Å². The van der Waals surface area contributed by atoms with Crippen molar-refractivity contribution in [2.75, 3.05) is 24.5 Å². The minimum absolute atomic E-state index is 0.0299. The van der Waals surface area contributed by atoms with E-state index in [0.29, 0.717) is 23.7 Å². The molecule has 1 N–H and O–H groups in total. The number of hydrogen-bond acceptors (Lipinski definition) is 5. The topological polar surface area (TPSA) is 96.0 Å². The third-order valence-corrected chi connectivity index (χ3v) is 8.58. The van der Waals surface area contributed by atoms with E-state index in [0.717, 1.165) is 15.4 Å². The Morgan fingerprint density at radius 2 is 1.66 bits per heavy atom. The molecule has 0 heterocycles. The summed E-state index contributed by atoms with van der Waals surface area (Å²) >= 11 is 6.08. The van der Waals surface area contributed by atoms with Gasteiger partial charge in [0.05, 0.1) is 17.7 Å². The van der Waals surface area contributed by atoms with Crippen LogP contribution in [0.15, 0.2) is 77.7 Å². The van der Waals surface area contributed by atoms with Gasteiger partial charge in [0.1, 0.15) is 18.3 Å². The van der Waals surface area contributed by atoms with Crippen molar-refractivity contribution in [3.8, 4) is 5.75 Å². The molecule has 0 aliphatic heterocycles. The fourth-order valence-corrected chi connectivity index (χ4v) is 5.92. The van der Waals surface area contributed by atoms with E-state index >= 15 is 0 Å². The largest absolute Gasteiger partial charge is 0.495 e. The lowest BCUT2D eigenvalue weighted by Crippen LogP contribution is -2.52. The molecule has 0 spiro atoms. The number of rotatable bonds is 13. The molecule has 10 heteroatoms. The van der Waals surface area contributed by atoms with Gasteiger partial charge in [-0.25, -0.2) is 8.42 Å². The molecular weight excluding hydrogens is 562 g/mol. The standard InChI is InChI=1S/C31H38ClN3O5S/c1-6-27(31(37)33-19-22(2)3)34(20-24-13-15-25(32)16-14-24)30(36)21-35(28-18-23(4)12-17-29(28)40-5)41(38,39)26-10-8-7-9-11-26/h7-18,22,27H,6,19-21H2,1-5H3,(H,33,37)/t27-/m0/s1. The number of sulfonamides is 1. The summed E-state index contributed by atoms with van der Waals surface area (Å²) in [5, 5.41) is 3.47. The Hall–Kier alpha value is -3.56. The van der Waals surface area contributed by atoms with E-state index in [1.165, 1.54) is 24.1 Å². The van der Waals surface area contributed by atoms with Gasteiger partial charge in [-0.05, 0) is 66.8 Å². The molecular formula is C31H38ClN3O5S. The molecule has 3 rings (SSSR count). The van der Waals surface area contributed by atoms with E-state index < -0.39 is 28.5 Å². The molecule has 0 aromatic heterocycles. The molecule has 41 heavy (non-hydrogen) atoms. The monoisotopic (exact) mass is 599 g/mol. The van der Waals surface area contributed by atoms with Crippen molar-refractivity contribution in [3.63, 3.8) is 0 Å². The van der Waals surface area contributed by atoms with Crippen molar-refractivity contribution in [1.82, 2.24) is 10.2 Å². The molecule has 2 amide bonds. The summed E-state index contributed by atoms with van der Waals surface area (Å²) in [6.45, 7) is 7.62. The predicted molar refractivity (Wildman–Crippen MR) is 163 cm³/mol. The maximum atomic E-state index is 14.2. The zero-order valence-corrected chi connectivity index (χ0v) is 25.7. The molecule has 1 atom stereocenters. The number of ether oxygens (including phenoxy) is 1. The Balaban J connectivity index is 2.10. The van der Waals surface area contributed by atoms with Crippen molar-refractivity contribution in [1.29, 1.82) is 0 Å². The maximum absolute atomic E-state index is 14.2. The minimum Gasteiger partial charge on any atom is -0.495 e. The zero-order chi connectivity index (χ0) is 30.2. The summed E-state index contributed by atoms with van der Waals surface area (Å²) in [7, 11) is -2.75. The minimum atomic E-state index is -4.20. The molecule has 8 nitrogen and oxygen atoms in total. The van der Waals surface area contributed by atoms with Crippen molar-refractivity contribution < 1.29 is 22.7 Å². The Morgan fingerprint density at radius 3 is 2.24 bits per heavy atom. The molecule has 0 saturated heterocycles. The Labute approximate surface area is 248 Å². The van der Waals surface area contributed by atoms with Crippen LogP contribution in [0, 0.1) is 12.8 Å². The molecule has 0 radical (unpaired) electrons. The highest BCUT2D eigenvalue weighted by atomic mass is 35.5. The highest BCUT2D eigenvalue weighted by Crippen LogP contribution is 2.33. The average Bonchev–Trinajstić information content (AvgIpc) is 2.95. The number of halogens is 1. The number of anilines is 1. The number of hydrogen-bond donors (Lipinski definition) is 1. The van der Waals surface area contributed by atoms with Crippen LogP contribution in [0.4, 0.5) is 5.69 Å². The van der Waals surface area contributed by atoms with Gasteiger partial charge in [0.25, 0.3) is 10.0 Å². The second-order valence-electron chi connectivity index (χ2n) is 10.2. The summed E-state index contributed by atoms with van der Waals surface area (Å²) < 4.78 is 34.6. The van der Waals surface area contributed by atoms with Gasteiger partial charge in [-0.2, -0.15) is 0 Å². The molecule has 0 aliphatic carbocycles. The first-order valence-corrected chi connectivity index (χ1v) is 15.3. The van der Waals surface area contributed by atoms with Crippen LogP contribution in [0.5, 0.6) is 5.75 Å².